The standard InChI is InChI=1S/C9H16O2S2/c10-9(11)5-3-1-2-4-8-6-7-12-13-8/h8H,1-7H2,(H,10,11). The molecule has 0 amide bonds. The number of carbonyl (C=O) groups is 1. The zero-order valence-electron chi connectivity index (χ0n) is 7.70. The van der Waals surface area contributed by atoms with Crippen molar-refractivity contribution in [2.24, 2.45) is 0 Å². The van der Waals surface area contributed by atoms with E-state index in [-0.39, 0.29) is 0 Å². The molecule has 1 aliphatic heterocycles. The van der Waals surface area contributed by atoms with Crippen molar-refractivity contribution >= 4 is 27.6 Å². The second-order valence-corrected chi connectivity index (χ2v) is 6.11. The van der Waals surface area contributed by atoms with Crippen LogP contribution in [0.25, 0.3) is 0 Å². The average molecular weight is 220 g/mol. The predicted molar refractivity (Wildman–Crippen MR) is 59.2 cm³/mol. The van der Waals surface area contributed by atoms with E-state index in [2.05, 4.69) is 0 Å². The second kappa shape index (κ2) is 6.60. The van der Waals surface area contributed by atoms with Gasteiger partial charge in [0.2, 0.25) is 0 Å². The molecule has 1 atom stereocenters. The lowest BCUT2D eigenvalue weighted by atomic mass is 10.1. The van der Waals surface area contributed by atoms with Crippen molar-refractivity contribution in [1.29, 1.82) is 0 Å². The molecule has 1 heterocycles. The summed E-state index contributed by atoms with van der Waals surface area (Å²) in [6, 6.07) is 0. The van der Waals surface area contributed by atoms with E-state index in [1.54, 1.807) is 0 Å². The molecule has 1 N–H and O–H groups in total. The van der Waals surface area contributed by atoms with Gasteiger partial charge in [0.1, 0.15) is 0 Å². The Bertz CT molecular complexity index is 156. The van der Waals surface area contributed by atoms with Gasteiger partial charge in [0.15, 0.2) is 0 Å². The number of unbranched alkanes of at least 4 members (excludes halogenated alkanes) is 2. The van der Waals surface area contributed by atoms with Gasteiger partial charge < -0.3 is 5.11 Å². The molecular formula is C9H16O2S2. The van der Waals surface area contributed by atoms with Crippen LogP contribution in [0.4, 0.5) is 0 Å². The van der Waals surface area contributed by atoms with Crippen LogP contribution in [0.2, 0.25) is 0 Å². The Labute approximate surface area is 87.3 Å². The predicted octanol–water partition coefficient (Wildman–Crippen LogP) is 3.18. The van der Waals surface area contributed by atoms with E-state index in [4.69, 9.17) is 5.11 Å². The van der Waals surface area contributed by atoms with Crippen LogP contribution >= 0.6 is 21.6 Å². The molecule has 1 unspecified atom stereocenters. The van der Waals surface area contributed by atoms with E-state index in [1.165, 1.54) is 25.0 Å². The molecule has 1 saturated heterocycles. The van der Waals surface area contributed by atoms with E-state index in [0.717, 1.165) is 18.1 Å². The fourth-order valence-corrected chi connectivity index (χ4v) is 4.42. The summed E-state index contributed by atoms with van der Waals surface area (Å²) >= 11 is 0. The topological polar surface area (TPSA) is 37.3 Å². The molecule has 0 aromatic carbocycles. The van der Waals surface area contributed by atoms with Crippen LogP contribution in [-0.2, 0) is 4.79 Å². The van der Waals surface area contributed by atoms with Crippen molar-refractivity contribution in [2.75, 3.05) is 5.75 Å². The van der Waals surface area contributed by atoms with Crippen LogP contribution in [0.15, 0.2) is 0 Å². The molecule has 0 aliphatic carbocycles. The Balaban J connectivity index is 1.86. The maximum absolute atomic E-state index is 10.2. The average Bonchev–Trinajstić information content (AvgIpc) is 2.55. The number of carboxylic acid groups (broad SMARTS) is 1. The molecule has 4 heteroatoms. The summed E-state index contributed by atoms with van der Waals surface area (Å²) < 4.78 is 0. The Morgan fingerprint density at radius 2 is 2.23 bits per heavy atom. The lowest BCUT2D eigenvalue weighted by molar-refractivity contribution is -0.137. The van der Waals surface area contributed by atoms with E-state index >= 15 is 0 Å². The second-order valence-electron chi connectivity index (χ2n) is 3.32. The summed E-state index contributed by atoms with van der Waals surface area (Å²) in [5.74, 6) is 0.635. The first-order valence-electron chi connectivity index (χ1n) is 4.79. The van der Waals surface area contributed by atoms with E-state index in [1.807, 2.05) is 21.6 Å². The minimum atomic E-state index is -0.661. The minimum absolute atomic E-state index is 0.340. The van der Waals surface area contributed by atoms with Gasteiger partial charge in [-0.15, -0.1) is 0 Å². The Morgan fingerprint density at radius 1 is 1.38 bits per heavy atom. The van der Waals surface area contributed by atoms with E-state index in [0.29, 0.717) is 6.42 Å². The van der Waals surface area contributed by atoms with Crippen LogP contribution in [0, 0.1) is 0 Å². The SMILES string of the molecule is O=C(O)CCCCCC1CCSS1. The quantitative estimate of drug-likeness (QED) is 0.551. The van der Waals surface area contributed by atoms with E-state index in [9.17, 15) is 4.79 Å². The van der Waals surface area contributed by atoms with Crippen molar-refractivity contribution in [3.05, 3.63) is 0 Å². The van der Waals surface area contributed by atoms with Gasteiger partial charge in [0.25, 0.3) is 0 Å². The Morgan fingerprint density at radius 3 is 2.85 bits per heavy atom. The third-order valence-corrected chi connectivity index (χ3v) is 5.15. The summed E-state index contributed by atoms with van der Waals surface area (Å²) in [6.45, 7) is 0. The van der Waals surface area contributed by atoms with Gasteiger partial charge >= 0.3 is 5.97 Å². The van der Waals surface area contributed by atoms with Gasteiger partial charge in [-0.1, -0.05) is 34.4 Å². The summed E-state index contributed by atoms with van der Waals surface area (Å²) in [5.41, 5.74) is 0. The van der Waals surface area contributed by atoms with Crippen molar-refractivity contribution < 1.29 is 9.90 Å². The Hall–Kier alpha value is 0.170. The lowest BCUT2D eigenvalue weighted by Crippen LogP contribution is -1.98. The number of aliphatic carboxylic acids is 1. The Kier molecular flexibility index (Phi) is 5.71. The van der Waals surface area contributed by atoms with Crippen LogP contribution < -0.4 is 0 Å². The molecule has 1 fully saturated rings. The van der Waals surface area contributed by atoms with Gasteiger partial charge in [-0.25, -0.2) is 0 Å². The zero-order valence-corrected chi connectivity index (χ0v) is 9.33. The lowest BCUT2D eigenvalue weighted by Gasteiger charge is -2.05. The van der Waals surface area contributed by atoms with Gasteiger partial charge in [-0.05, 0) is 19.3 Å². The van der Waals surface area contributed by atoms with Crippen LogP contribution in [0.1, 0.15) is 38.5 Å². The normalized spacial score (nSPS) is 22.0. The number of hydrogen-bond donors (Lipinski definition) is 1. The maximum Gasteiger partial charge on any atom is 0.303 e. The molecule has 0 aromatic heterocycles. The van der Waals surface area contributed by atoms with Crippen LogP contribution in [0.5, 0.6) is 0 Å². The summed E-state index contributed by atoms with van der Waals surface area (Å²) in [4.78, 5) is 10.2. The van der Waals surface area contributed by atoms with Crippen molar-refractivity contribution in [2.45, 2.75) is 43.8 Å². The number of hydrogen-bond acceptors (Lipinski definition) is 3. The number of rotatable bonds is 6. The van der Waals surface area contributed by atoms with Crippen LogP contribution in [-0.4, -0.2) is 22.1 Å². The first-order chi connectivity index (χ1) is 6.29. The smallest absolute Gasteiger partial charge is 0.303 e. The largest absolute Gasteiger partial charge is 0.481 e. The molecule has 2 nitrogen and oxygen atoms in total. The summed E-state index contributed by atoms with van der Waals surface area (Å²) in [7, 11) is 3.98. The molecule has 0 spiro atoms. The maximum atomic E-state index is 10.2. The fourth-order valence-electron chi connectivity index (χ4n) is 1.39. The third kappa shape index (κ3) is 5.47. The molecule has 13 heavy (non-hydrogen) atoms. The van der Waals surface area contributed by atoms with Gasteiger partial charge in [0, 0.05) is 17.4 Å². The highest BCUT2D eigenvalue weighted by Crippen LogP contribution is 2.39. The summed E-state index contributed by atoms with van der Waals surface area (Å²) in [6.07, 6.45) is 6.08. The van der Waals surface area contributed by atoms with Crippen molar-refractivity contribution in [3.8, 4) is 0 Å². The molecular weight excluding hydrogens is 204 g/mol. The first-order valence-corrected chi connectivity index (χ1v) is 7.17. The highest BCUT2D eigenvalue weighted by molar-refractivity contribution is 8.77. The zero-order chi connectivity index (χ0) is 9.52. The van der Waals surface area contributed by atoms with Crippen molar-refractivity contribution in [1.82, 2.24) is 0 Å². The fraction of sp³-hybridized carbons (Fsp3) is 0.889. The van der Waals surface area contributed by atoms with Gasteiger partial charge in [-0.2, -0.15) is 0 Å². The van der Waals surface area contributed by atoms with Crippen molar-refractivity contribution in [3.63, 3.8) is 0 Å². The summed E-state index contributed by atoms with van der Waals surface area (Å²) in [5, 5.41) is 9.26. The molecule has 0 aromatic rings. The first kappa shape index (κ1) is 11.2. The van der Waals surface area contributed by atoms with Gasteiger partial charge in [0.05, 0.1) is 0 Å². The number of carboxylic acids is 1. The molecule has 1 rings (SSSR count). The molecule has 1 aliphatic rings. The molecule has 0 saturated carbocycles. The highest BCUT2D eigenvalue weighted by atomic mass is 33.1. The van der Waals surface area contributed by atoms with Gasteiger partial charge in [-0.3, -0.25) is 4.79 Å². The molecule has 76 valence electrons. The minimum Gasteiger partial charge on any atom is -0.481 e. The molecule has 0 bridgehead atoms. The molecule has 0 radical (unpaired) electrons. The third-order valence-electron chi connectivity index (χ3n) is 2.14. The van der Waals surface area contributed by atoms with Crippen LogP contribution in [0.3, 0.4) is 0 Å². The highest BCUT2D eigenvalue weighted by Gasteiger charge is 2.15. The van der Waals surface area contributed by atoms with E-state index < -0.39 is 5.97 Å². The monoisotopic (exact) mass is 220 g/mol.